The van der Waals surface area contributed by atoms with Crippen LogP contribution in [0.5, 0.6) is 0 Å². The van der Waals surface area contributed by atoms with Crippen molar-refractivity contribution in [3.05, 3.63) is 31.2 Å². The average Bonchev–Trinajstić information content (AvgIpc) is 2.12. The van der Waals surface area contributed by atoms with Crippen LogP contribution < -0.4 is 5.56 Å². The highest BCUT2D eigenvalue weighted by atomic mass is 127. The maximum absolute atomic E-state index is 11.2. The zero-order valence-corrected chi connectivity index (χ0v) is 8.85. The summed E-state index contributed by atoms with van der Waals surface area (Å²) in [6.07, 6.45) is 6.57. The summed E-state index contributed by atoms with van der Waals surface area (Å²) < 4.78 is 0.893. The summed E-state index contributed by atoms with van der Waals surface area (Å²) in [5.41, 5.74) is 2.69. The van der Waals surface area contributed by atoms with Crippen molar-refractivity contribution in [3.63, 3.8) is 0 Å². The third kappa shape index (κ3) is 1.30. The number of nitrogens with one attached hydrogen (secondary N) is 1. The molecule has 1 aliphatic rings. The maximum atomic E-state index is 11.2. The molecule has 1 N–H and O–H groups in total. The van der Waals surface area contributed by atoms with Gasteiger partial charge in [0.15, 0.2) is 0 Å². The monoisotopic (exact) mass is 275 g/mol. The van der Waals surface area contributed by atoms with E-state index in [9.17, 15) is 4.79 Å². The summed E-state index contributed by atoms with van der Waals surface area (Å²) in [5, 5.41) is 0. The van der Waals surface area contributed by atoms with Crippen molar-refractivity contribution in [3.8, 4) is 0 Å². The molecule has 12 heavy (non-hydrogen) atoms. The predicted octanol–water partition coefficient (Wildman–Crippen LogP) is 1.86. The lowest BCUT2D eigenvalue weighted by atomic mass is 9.94. The highest BCUT2D eigenvalue weighted by Gasteiger charge is 2.13. The molecule has 1 heterocycles. The Bertz CT molecular complexity index is 356. The lowest BCUT2D eigenvalue weighted by molar-refractivity contribution is 0.677. The number of pyridine rings is 1. The second-order valence-corrected chi connectivity index (χ2v) is 4.22. The first-order valence-corrected chi connectivity index (χ1v) is 5.26. The second-order valence-electron chi connectivity index (χ2n) is 3.14. The van der Waals surface area contributed by atoms with Crippen molar-refractivity contribution in [2.75, 3.05) is 0 Å². The van der Waals surface area contributed by atoms with Crippen LogP contribution in [0.15, 0.2) is 11.0 Å². The van der Waals surface area contributed by atoms with Crippen molar-refractivity contribution in [1.82, 2.24) is 4.98 Å². The van der Waals surface area contributed by atoms with E-state index in [-0.39, 0.29) is 5.56 Å². The summed E-state index contributed by atoms with van der Waals surface area (Å²) >= 11 is 2.14. The fraction of sp³-hybridized carbons (Fsp3) is 0.444. The second kappa shape index (κ2) is 3.20. The van der Waals surface area contributed by atoms with E-state index in [1.54, 1.807) is 0 Å². The van der Waals surface area contributed by atoms with Gasteiger partial charge in [0.1, 0.15) is 0 Å². The van der Waals surface area contributed by atoms with Crippen molar-refractivity contribution in [2.24, 2.45) is 0 Å². The molecule has 0 spiro atoms. The number of aryl methyl sites for hydroxylation is 1. The van der Waals surface area contributed by atoms with Gasteiger partial charge in [-0.25, -0.2) is 0 Å². The fourth-order valence-corrected chi connectivity index (χ4v) is 2.46. The lowest BCUT2D eigenvalue weighted by Gasteiger charge is -2.15. The molecule has 0 amide bonds. The molecule has 0 aromatic carbocycles. The van der Waals surface area contributed by atoms with Crippen LogP contribution >= 0.6 is 22.6 Å². The normalized spacial score (nSPS) is 15.8. The van der Waals surface area contributed by atoms with E-state index in [2.05, 4.69) is 27.6 Å². The van der Waals surface area contributed by atoms with Crippen LogP contribution in [0.1, 0.15) is 24.0 Å². The van der Waals surface area contributed by atoms with Crippen LogP contribution in [0.2, 0.25) is 0 Å². The Morgan fingerprint density at radius 1 is 1.33 bits per heavy atom. The summed E-state index contributed by atoms with van der Waals surface area (Å²) in [7, 11) is 0. The highest BCUT2D eigenvalue weighted by Crippen LogP contribution is 2.22. The number of halogens is 1. The van der Waals surface area contributed by atoms with E-state index in [1.165, 1.54) is 24.0 Å². The van der Waals surface area contributed by atoms with E-state index in [4.69, 9.17) is 0 Å². The number of H-pyrrole nitrogens is 1. The standard InChI is InChI=1S/C9H10INO/c10-8-7-4-2-1-3-6(7)5-11-9(8)12/h5H,1-4H2,(H,11,12). The third-order valence-electron chi connectivity index (χ3n) is 2.35. The summed E-state index contributed by atoms with van der Waals surface area (Å²) in [5.74, 6) is 0. The molecule has 0 atom stereocenters. The van der Waals surface area contributed by atoms with Gasteiger partial charge in [-0.1, -0.05) is 0 Å². The number of rotatable bonds is 0. The number of hydrogen-bond donors (Lipinski definition) is 1. The molecule has 0 aliphatic heterocycles. The van der Waals surface area contributed by atoms with Crippen LogP contribution in [0.3, 0.4) is 0 Å². The molecular formula is C9H10INO. The molecule has 0 fully saturated rings. The van der Waals surface area contributed by atoms with Crippen LogP contribution in [0, 0.1) is 3.57 Å². The number of hydrogen-bond acceptors (Lipinski definition) is 1. The topological polar surface area (TPSA) is 32.9 Å². The Kier molecular flexibility index (Phi) is 2.21. The maximum Gasteiger partial charge on any atom is 0.261 e. The highest BCUT2D eigenvalue weighted by molar-refractivity contribution is 14.1. The Morgan fingerprint density at radius 3 is 2.92 bits per heavy atom. The molecule has 0 saturated carbocycles. The zero-order chi connectivity index (χ0) is 8.55. The molecular weight excluding hydrogens is 265 g/mol. The predicted molar refractivity (Wildman–Crippen MR) is 56.4 cm³/mol. The van der Waals surface area contributed by atoms with E-state index >= 15 is 0 Å². The van der Waals surface area contributed by atoms with Gasteiger partial charge in [0.2, 0.25) is 0 Å². The first-order valence-electron chi connectivity index (χ1n) is 4.18. The van der Waals surface area contributed by atoms with Gasteiger partial charge in [-0.15, -0.1) is 0 Å². The molecule has 2 nitrogen and oxygen atoms in total. The van der Waals surface area contributed by atoms with Gasteiger partial charge in [0.25, 0.3) is 5.56 Å². The number of fused-ring (bicyclic) bond motifs is 1. The molecule has 0 saturated heterocycles. The first-order chi connectivity index (χ1) is 5.79. The first kappa shape index (κ1) is 8.29. The van der Waals surface area contributed by atoms with Crippen molar-refractivity contribution in [2.45, 2.75) is 25.7 Å². The molecule has 0 unspecified atom stereocenters. The number of aromatic amines is 1. The van der Waals surface area contributed by atoms with Crippen molar-refractivity contribution >= 4 is 22.6 Å². The quantitative estimate of drug-likeness (QED) is 0.720. The Morgan fingerprint density at radius 2 is 2.08 bits per heavy atom. The average molecular weight is 275 g/mol. The van der Waals surface area contributed by atoms with Gasteiger partial charge in [0.05, 0.1) is 3.57 Å². The molecule has 0 bridgehead atoms. The minimum Gasteiger partial charge on any atom is -0.328 e. The minimum atomic E-state index is 0.0660. The van der Waals surface area contributed by atoms with Gasteiger partial charge in [-0.3, -0.25) is 4.79 Å². The van der Waals surface area contributed by atoms with E-state index in [0.29, 0.717) is 0 Å². The zero-order valence-electron chi connectivity index (χ0n) is 6.69. The lowest BCUT2D eigenvalue weighted by Crippen LogP contribution is -2.17. The molecule has 1 aromatic heterocycles. The fourth-order valence-electron chi connectivity index (χ4n) is 1.69. The molecule has 3 heteroatoms. The molecule has 64 valence electrons. The van der Waals surface area contributed by atoms with Crippen LogP contribution in [0.4, 0.5) is 0 Å². The SMILES string of the molecule is O=c1[nH]cc2c(c1I)CCCC2. The Hall–Kier alpha value is -0.320. The molecule has 2 rings (SSSR count). The summed E-state index contributed by atoms with van der Waals surface area (Å²) in [6.45, 7) is 0. The van der Waals surface area contributed by atoms with Gasteiger partial charge in [0, 0.05) is 6.20 Å². The van der Waals surface area contributed by atoms with Crippen LogP contribution in [0.25, 0.3) is 0 Å². The van der Waals surface area contributed by atoms with Crippen LogP contribution in [-0.2, 0) is 12.8 Å². The molecule has 1 aliphatic carbocycles. The third-order valence-corrected chi connectivity index (χ3v) is 3.49. The van der Waals surface area contributed by atoms with Gasteiger partial charge >= 0.3 is 0 Å². The van der Waals surface area contributed by atoms with Gasteiger partial charge in [-0.05, 0) is 59.4 Å². The van der Waals surface area contributed by atoms with E-state index in [0.717, 1.165) is 16.4 Å². The van der Waals surface area contributed by atoms with Gasteiger partial charge in [-0.2, -0.15) is 0 Å². The molecule has 1 aromatic rings. The van der Waals surface area contributed by atoms with E-state index in [1.807, 2.05) is 6.20 Å². The summed E-state index contributed by atoms with van der Waals surface area (Å²) in [4.78, 5) is 14.0. The Balaban J connectivity index is 2.61. The Labute approximate surface area is 84.5 Å². The summed E-state index contributed by atoms with van der Waals surface area (Å²) in [6, 6.07) is 0. The van der Waals surface area contributed by atoms with Gasteiger partial charge < -0.3 is 4.98 Å². The van der Waals surface area contributed by atoms with Crippen molar-refractivity contribution in [1.29, 1.82) is 0 Å². The largest absolute Gasteiger partial charge is 0.328 e. The van der Waals surface area contributed by atoms with E-state index < -0.39 is 0 Å². The van der Waals surface area contributed by atoms with Crippen molar-refractivity contribution < 1.29 is 0 Å². The molecule has 0 radical (unpaired) electrons. The number of aromatic nitrogens is 1. The smallest absolute Gasteiger partial charge is 0.261 e. The minimum absolute atomic E-state index is 0.0660. The van der Waals surface area contributed by atoms with Crippen LogP contribution in [-0.4, -0.2) is 4.98 Å².